The first-order valence-electron chi connectivity index (χ1n) is 10.1. The average Bonchev–Trinajstić information content (AvgIpc) is 2.78. The Bertz CT molecular complexity index is 935. The first-order chi connectivity index (χ1) is 14.4. The molecule has 1 unspecified atom stereocenters. The lowest BCUT2D eigenvalue weighted by atomic mass is 9.89. The minimum absolute atomic E-state index is 0.000649. The van der Waals surface area contributed by atoms with E-state index >= 15 is 0 Å². The van der Waals surface area contributed by atoms with Gasteiger partial charge in [0.05, 0.1) is 10.5 Å². The maximum atomic E-state index is 13.1. The number of ketones is 1. The fourth-order valence-corrected chi connectivity index (χ4v) is 3.17. The summed E-state index contributed by atoms with van der Waals surface area (Å²) in [6.45, 7) is 5.64. The smallest absolute Gasteiger partial charge is 0.318 e. The lowest BCUT2D eigenvalue weighted by molar-refractivity contribution is -0.384. The van der Waals surface area contributed by atoms with Crippen LogP contribution in [-0.2, 0) is 9.63 Å². The van der Waals surface area contributed by atoms with Gasteiger partial charge in [-0.25, -0.2) is 4.79 Å². The van der Waals surface area contributed by atoms with E-state index in [-0.39, 0.29) is 29.5 Å². The standard InChI is InChI=1S/C23H26N2O5/c1-4-9-16(5-2)22(24-30-21(26)6-3)23(27)18-14-12-17(13-15-18)19-10-7-8-11-20(19)25(28)29/h7-8,10-16H,4-6,9H2,1-3H3/b24-22-. The SMILES string of the molecule is CCCC(CC)/C(=N/OC(=O)CC)C(=O)c1ccc(-c2ccccc2[N+](=O)[O-])cc1. The minimum atomic E-state index is -0.501. The van der Waals surface area contributed by atoms with Gasteiger partial charge in [0.15, 0.2) is 0 Å². The molecule has 0 saturated carbocycles. The van der Waals surface area contributed by atoms with Crippen molar-refractivity contribution in [2.24, 2.45) is 11.1 Å². The van der Waals surface area contributed by atoms with Gasteiger partial charge in [0.2, 0.25) is 5.78 Å². The number of carbonyl (C=O) groups excluding carboxylic acids is 2. The van der Waals surface area contributed by atoms with Gasteiger partial charge in [0, 0.05) is 24.0 Å². The van der Waals surface area contributed by atoms with Gasteiger partial charge in [-0.1, -0.05) is 68.7 Å². The number of Topliss-reactive ketones (excluding diaryl/α,β-unsaturated/α-hetero) is 1. The molecule has 0 heterocycles. The van der Waals surface area contributed by atoms with Crippen LogP contribution in [0.3, 0.4) is 0 Å². The van der Waals surface area contributed by atoms with Crippen molar-refractivity contribution >= 4 is 23.2 Å². The third-order valence-electron chi connectivity index (χ3n) is 4.84. The van der Waals surface area contributed by atoms with Crippen LogP contribution < -0.4 is 0 Å². The average molecular weight is 410 g/mol. The second kappa shape index (κ2) is 11.0. The van der Waals surface area contributed by atoms with E-state index in [1.165, 1.54) is 6.07 Å². The predicted molar refractivity (Wildman–Crippen MR) is 115 cm³/mol. The number of oxime groups is 1. The summed E-state index contributed by atoms with van der Waals surface area (Å²) in [4.78, 5) is 40.4. The summed E-state index contributed by atoms with van der Waals surface area (Å²) in [6, 6.07) is 13.0. The van der Waals surface area contributed by atoms with Crippen LogP contribution in [0.25, 0.3) is 11.1 Å². The van der Waals surface area contributed by atoms with Crippen LogP contribution in [0.4, 0.5) is 5.69 Å². The van der Waals surface area contributed by atoms with Crippen molar-refractivity contribution in [1.29, 1.82) is 0 Å². The maximum Gasteiger partial charge on any atom is 0.334 e. The van der Waals surface area contributed by atoms with E-state index in [0.717, 1.165) is 12.8 Å². The molecule has 0 saturated heterocycles. The van der Waals surface area contributed by atoms with E-state index in [4.69, 9.17) is 4.84 Å². The molecule has 1 atom stereocenters. The van der Waals surface area contributed by atoms with Crippen molar-refractivity contribution in [3.8, 4) is 11.1 Å². The van der Waals surface area contributed by atoms with Gasteiger partial charge in [0.1, 0.15) is 5.71 Å². The Balaban J connectivity index is 2.37. The molecule has 0 N–H and O–H groups in total. The molecule has 0 spiro atoms. The third-order valence-corrected chi connectivity index (χ3v) is 4.84. The Morgan fingerprint density at radius 1 is 1.07 bits per heavy atom. The van der Waals surface area contributed by atoms with Crippen LogP contribution in [0.1, 0.15) is 56.8 Å². The fraction of sp³-hybridized carbons (Fsp3) is 0.348. The summed E-state index contributed by atoms with van der Waals surface area (Å²) in [5.41, 5.74) is 1.72. The first-order valence-corrected chi connectivity index (χ1v) is 10.1. The van der Waals surface area contributed by atoms with E-state index < -0.39 is 10.9 Å². The number of nitro benzene ring substituents is 1. The van der Waals surface area contributed by atoms with Gasteiger partial charge >= 0.3 is 5.97 Å². The summed E-state index contributed by atoms with van der Waals surface area (Å²) in [7, 11) is 0. The van der Waals surface area contributed by atoms with E-state index in [9.17, 15) is 19.7 Å². The molecule has 0 bridgehead atoms. The maximum absolute atomic E-state index is 13.1. The number of hydrogen-bond acceptors (Lipinski definition) is 6. The molecule has 7 nitrogen and oxygen atoms in total. The topological polar surface area (TPSA) is 98.9 Å². The normalized spacial score (nSPS) is 12.3. The van der Waals surface area contributed by atoms with E-state index in [0.29, 0.717) is 23.1 Å². The van der Waals surface area contributed by atoms with Gasteiger partial charge < -0.3 is 4.84 Å². The molecule has 30 heavy (non-hydrogen) atoms. The lowest BCUT2D eigenvalue weighted by Crippen LogP contribution is -2.25. The summed E-state index contributed by atoms with van der Waals surface area (Å²) in [6.07, 6.45) is 2.47. The minimum Gasteiger partial charge on any atom is -0.318 e. The van der Waals surface area contributed by atoms with Gasteiger partial charge in [-0.15, -0.1) is 0 Å². The Hall–Kier alpha value is -3.35. The summed E-state index contributed by atoms with van der Waals surface area (Å²) in [5.74, 6) is -0.936. The quantitative estimate of drug-likeness (QED) is 0.167. The molecular weight excluding hydrogens is 384 g/mol. The molecule has 0 aliphatic carbocycles. The van der Waals surface area contributed by atoms with Crippen molar-refractivity contribution in [3.05, 3.63) is 64.2 Å². The molecule has 0 fully saturated rings. The third kappa shape index (κ3) is 5.59. The molecular formula is C23H26N2O5. The van der Waals surface area contributed by atoms with Crippen molar-refractivity contribution < 1.29 is 19.3 Å². The number of carbonyl (C=O) groups is 2. The van der Waals surface area contributed by atoms with Crippen LogP contribution in [0.2, 0.25) is 0 Å². The van der Waals surface area contributed by atoms with Crippen molar-refractivity contribution in [2.45, 2.75) is 46.5 Å². The Morgan fingerprint density at radius 3 is 2.30 bits per heavy atom. The van der Waals surface area contributed by atoms with Crippen LogP contribution in [0.15, 0.2) is 53.7 Å². The number of para-hydroxylation sites is 1. The highest BCUT2D eigenvalue weighted by Gasteiger charge is 2.24. The van der Waals surface area contributed by atoms with E-state index in [1.807, 2.05) is 13.8 Å². The molecule has 158 valence electrons. The van der Waals surface area contributed by atoms with E-state index in [1.54, 1.807) is 49.4 Å². The van der Waals surface area contributed by atoms with Crippen molar-refractivity contribution in [2.75, 3.05) is 0 Å². The second-order valence-electron chi connectivity index (χ2n) is 6.87. The zero-order chi connectivity index (χ0) is 22.1. The monoisotopic (exact) mass is 410 g/mol. The van der Waals surface area contributed by atoms with E-state index in [2.05, 4.69) is 5.16 Å². The van der Waals surface area contributed by atoms with Gasteiger partial charge in [-0.2, -0.15) is 0 Å². The molecule has 0 amide bonds. The molecule has 2 aromatic rings. The largest absolute Gasteiger partial charge is 0.334 e. The highest BCUT2D eigenvalue weighted by molar-refractivity contribution is 6.46. The van der Waals surface area contributed by atoms with Crippen LogP contribution in [0, 0.1) is 16.0 Å². The molecule has 2 aromatic carbocycles. The Kier molecular flexibility index (Phi) is 8.41. The van der Waals surface area contributed by atoms with Crippen molar-refractivity contribution in [3.63, 3.8) is 0 Å². The number of hydrogen-bond donors (Lipinski definition) is 0. The predicted octanol–water partition coefficient (Wildman–Crippen LogP) is 5.58. The number of nitro groups is 1. The lowest BCUT2D eigenvalue weighted by Gasteiger charge is -2.15. The molecule has 2 rings (SSSR count). The van der Waals surface area contributed by atoms with Gasteiger partial charge in [-0.05, 0) is 24.5 Å². The fourth-order valence-electron chi connectivity index (χ4n) is 3.17. The molecule has 0 aliphatic heterocycles. The molecule has 0 aliphatic rings. The molecule has 0 aromatic heterocycles. The summed E-state index contributed by atoms with van der Waals surface area (Å²) >= 11 is 0. The number of benzene rings is 2. The van der Waals surface area contributed by atoms with Crippen LogP contribution in [-0.4, -0.2) is 22.4 Å². The zero-order valence-electron chi connectivity index (χ0n) is 17.5. The van der Waals surface area contributed by atoms with Crippen molar-refractivity contribution in [1.82, 2.24) is 0 Å². The number of nitrogens with zero attached hydrogens (tertiary/aromatic N) is 2. The van der Waals surface area contributed by atoms with Crippen LogP contribution >= 0.6 is 0 Å². The number of rotatable bonds is 10. The zero-order valence-corrected chi connectivity index (χ0v) is 17.5. The first kappa shape index (κ1) is 22.9. The molecule has 0 radical (unpaired) electrons. The van der Waals surface area contributed by atoms with Gasteiger partial charge in [-0.3, -0.25) is 14.9 Å². The van der Waals surface area contributed by atoms with Crippen LogP contribution in [0.5, 0.6) is 0 Å². The highest BCUT2D eigenvalue weighted by Crippen LogP contribution is 2.30. The highest BCUT2D eigenvalue weighted by atomic mass is 16.7. The Labute approximate surface area is 175 Å². The van der Waals surface area contributed by atoms with Gasteiger partial charge in [0.25, 0.3) is 5.69 Å². The summed E-state index contributed by atoms with van der Waals surface area (Å²) < 4.78 is 0. The molecule has 7 heteroatoms. The second-order valence-corrected chi connectivity index (χ2v) is 6.87. The Morgan fingerprint density at radius 2 is 1.73 bits per heavy atom. The summed E-state index contributed by atoms with van der Waals surface area (Å²) in [5, 5.41) is 15.2.